The largest absolute Gasteiger partial charge is 0.388 e. The highest BCUT2D eigenvalue weighted by molar-refractivity contribution is 7.10. The molecular weight excluding hydrogens is 346 g/mol. The standard InChI is InChI=1S/C25H29NS/c1-19(2)15-17-25(3,16-7-10-21-11-8-18-27-21)24-22-12-6-5-9-20(22)13-14-23(24)26-4/h5-15,18,26H,16-17H2,1-4H3/b10-7+. The molecule has 1 heterocycles. The van der Waals surface area contributed by atoms with Crippen LogP contribution in [0.1, 0.15) is 44.1 Å². The fourth-order valence-corrected chi connectivity index (χ4v) is 4.31. The second kappa shape index (κ2) is 8.58. The Hall–Kier alpha value is -2.32. The van der Waals surface area contributed by atoms with Crippen molar-refractivity contribution in [1.29, 1.82) is 0 Å². The summed E-state index contributed by atoms with van der Waals surface area (Å²) < 4.78 is 0. The molecule has 0 amide bonds. The zero-order valence-corrected chi connectivity index (χ0v) is 17.6. The van der Waals surface area contributed by atoms with Crippen molar-refractivity contribution in [2.75, 3.05) is 12.4 Å². The molecule has 3 aromatic rings. The van der Waals surface area contributed by atoms with Crippen LogP contribution in [0.15, 0.2) is 71.6 Å². The van der Waals surface area contributed by atoms with Gasteiger partial charge >= 0.3 is 0 Å². The van der Waals surface area contributed by atoms with Crippen molar-refractivity contribution in [3.05, 3.63) is 82.1 Å². The monoisotopic (exact) mass is 375 g/mol. The number of hydrogen-bond donors (Lipinski definition) is 1. The topological polar surface area (TPSA) is 12.0 Å². The molecule has 1 atom stereocenters. The maximum atomic E-state index is 3.44. The molecule has 0 aliphatic heterocycles. The molecule has 0 spiro atoms. The van der Waals surface area contributed by atoms with Crippen LogP contribution in [0.25, 0.3) is 16.8 Å². The Balaban J connectivity index is 2.09. The molecule has 3 rings (SSSR count). The highest BCUT2D eigenvalue weighted by Gasteiger charge is 2.29. The third-order valence-corrected chi connectivity index (χ3v) is 5.99. The van der Waals surface area contributed by atoms with Crippen LogP contribution in [0.4, 0.5) is 5.69 Å². The molecule has 0 aliphatic rings. The Morgan fingerprint density at radius 3 is 2.56 bits per heavy atom. The number of rotatable bonds is 7. The predicted octanol–water partition coefficient (Wildman–Crippen LogP) is 7.66. The highest BCUT2D eigenvalue weighted by Crippen LogP contribution is 2.42. The van der Waals surface area contributed by atoms with Gasteiger partial charge in [-0.3, -0.25) is 0 Å². The minimum absolute atomic E-state index is 0.0181. The Kier molecular flexibility index (Phi) is 6.18. The average Bonchev–Trinajstić information content (AvgIpc) is 3.19. The minimum Gasteiger partial charge on any atom is -0.388 e. The van der Waals surface area contributed by atoms with Crippen molar-refractivity contribution in [2.45, 2.75) is 39.0 Å². The SMILES string of the molecule is CNc1ccc2ccccc2c1C(C)(CC=C(C)C)C/C=C/c1cccs1. The van der Waals surface area contributed by atoms with Gasteiger partial charge in [0, 0.05) is 23.0 Å². The fraction of sp³-hybridized carbons (Fsp3) is 0.280. The molecule has 0 bridgehead atoms. The van der Waals surface area contributed by atoms with Crippen LogP contribution in [0.2, 0.25) is 0 Å². The van der Waals surface area contributed by atoms with Crippen LogP contribution < -0.4 is 5.32 Å². The van der Waals surface area contributed by atoms with Crippen molar-refractivity contribution in [3.63, 3.8) is 0 Å². The van der Waals surface area contributed by atoms with E-state index in [0.717, 1.165) is 12.8 Å². The second-order valence-electron chi connectivity index (χ2n) is 7.63. The van der Waals surface area contributed by atoms with Crippen LogP contribution >= 0.6 is 11.3 Å². The third-order valence-electron chi connectivity index (χ3n) is 5.16. The zero-order chi connectivity index (χ0) is 19.3. The van der Waals surface area contributed by atoms with E-state index in [2.05, 4.69) is 98.2 Å². The summed E-state index contributed by atoms with van der Waals surface area (Å²) in [5, 5.41) is 8.22. The van der Waals surface area contributed by atoms with E-state index in [1.807, 2.05) is 7.05 Å². The van der Waals surface area contributed by atoms with Gasteiger partial charge in [-0.1, -0.05) is 61.0 Å². The summed E-state index contributed by atoms with van der Waals surface area (Å²) in [5.41, 5.74) is 4.03. The molecule has 2 heteroatoms. The first kappa shape index (κ1) is 19.4. The smallest absolute Gasteiger partial charge is 0.0382 e. The van der Waals surface area contributed by atoms with Crippen molar-refractivity contribution in [3.8, 4) is 0 Å². The number of fused-ring (bicyclic) bond motifs is 1. The Morgan fingerprint density at radius 2 is 1.85 bits per heavy atom. The van der Waals surface area contributed by atoms with Gasteiger partial charge in [-0.05, 0) is 66.6 Å². The van der Waals surface area contributed by atoms with Gasteiger partial charge in [-0.25, -0.2) is 0 Å². The second-order valence-corrected chi connectivity index (χ2v) is 8.61. The summed E-state index contributed by atoms with van der Waals surface area (Å²) in [4.78, 5) is 1.31. The first-order chi connectivity index (χ1) is 13.0. The molecule has 1 aromatic heterocycles. The summed E-state index contributed by atoms with van der Waals surface area (Å²) in [6, 6.07) is 17.5. The van der Waals surface area contributed by atoms with E-state index in [1.54, 1.807) is 11.3 Å². The van der Waals surface area contributed by atoms with Gasteiger partial charge in [-0.2, -0.15) is 0 Å². The molecule has 140 valence electrons. The van der Waals surface area contributed by atoms with Gasteiger partial charge in [0.2, 0.25) is 0 Å². The Morgan fingerprint density at radius 1 is 1.04 bits per heavy atom. The maximum Gasteiger partial charge on any atom is 0.0382 e. The summed E-state index contributed by atoms with van der Waals surface area (Å²) >= 11 is 1.79. The van der Waals surface area contributed by atoms with E-state index in [1.165, 1.54) is 32.5 Å². The Labute approximate surface area is 167 Å². The number of allylic oxidation sites excluding steroid dienone is 3. The van der Waals surface area contributed by atoms with E-state index >= 15 is 0 Å². The van der Waals surface area contributed by atoms with Crippen LogP contribution in [0.5, 0.6) is 0 Å². The lowest BCUT2D eigenvalue weighted by molar-refractivity contribution is 0.490. The summed E-state index contributed by atoms with van der Waals surface area (Å²) in [6.07, 6.45) is 8.99. The van der Waals surface area contributed by atoms with Gasteiger partial charge in [0.25, 0.3) is 0 Å². The van der Waals surface area contributed by atoms with Gasteiger partial charge in [-0.15, -0.1) is 11.3 Å². The Bertz CT molecular complexity index is 946. The summed E-state index contributed by atoms with van der Waals surface area (Å²) in [6.45, 7) is 6.77. The van der Waals surface area contributed by atoms with Gasteiger partial charge in [0.05, 0.1) is 0 Å². The molecule has 1 unspecified atom stereocenters. The normalized spacial score (nSPS) is 13.6. The molecule has 27 heavy (non-hydrogen) atoms. The van der Waals surface area contributed by atoms with Crippen molar-refractivity contribution >= 4 is 33.9 Å². The molecule has 0 fully saturated rings. The summed E-state index contributed by atoms with van der Waals surface area (Å²) in [5.74, 6) is 0. The average molecular weight is 376 g/mol. The lowest BCUT2D eigenvalue weighted by Crippen LogP contribution is -2.22. The lowest BCUT2D eigenvalue weighted by Gasteiger charge is -2.32. The molecule has 1 nitrogen and oxygen atoms in total. The van der Waals surface area contributed by atoms with Gasteiger partial charge in [0.1, 0.15) is 0 Å². The zero-order valence-electron chi connectivity index (χ0n) is 16.8. The number of benzene rings is 2. The first-order valence-corrected chi connectivity index (χ1v) is 10.4. The fourth-order valence-electron chi connectivity index (χ4n) is 3.67. The number of anilines is 1. The van der Waals surface area contributed by atoms with E-state index in [-0.39, 0.29) is 5.41 Å². The third kappa shape index (κ3) is 4.51. The van der Waals surface area contributed by atoms with E-state index in [9.17, 15) is 0 Å². The number of nitrogens with one attached hydrogen (secondary N) is 1. The minimum atomic E-state index is 0.0181. The van der Waals surface area contributed by atoms with Gasteiger partial charge < -0.3 is 5.32 Å². The molecule has 1 N–H and O–H groups in total. The van der Waals surface area contributed by atoms with Gasteiger partial charge in [0.15, 0.2) is 0 Å². The van der Waals surface area contributed by atoms with E-state index < -0.39 is 0 Å². The molecule has 0 aliphatic carbocycles. The lowest BCUT2D eigenvalue weighted by atomic mass is 9.73. The molecule has 0 radical (unpaired) electrons. The molecule has 0 saturated carbocycles. The van der Waals surface area contributed by atoms with Crippen LogP contribution in [-0.4, -0.2) is 7.05 Å². The molecular formula is C25H29NS. The van der Waals surface area contributed by atoms with Crippen molar-refractivity contribution in [2.24, 2.45) is 0 Å². The van der Waals surface area contributed by atoms with E-state index in [0.29, 0.717) is 0 Å². The number of thiophene rings is 1. The van der Waals surface area contributed by atoms with Crippen molar-refractivity contribution < 1.29 is 0 Å². The maximum absolute atomic E-state index is 3.44. The number of hydrogen-bond acceptors (Lipinski definition) is 2. The molecule has 0 saturated heterocycles. The molecule has 2 aromatic carbocycles. The summed E-state index contributed by atoms with van der Waals surface area (Å²) in [7, 11) is 2.02. The van der Waals surface area contributed by atoms with Crippen LogP contribution in [0.3, 0.4) is 0 Å². The van der Waals surface area contributed by atoms with Crippen LogP contribution in [-0.2, 0) is 5.41 Å². The highest BCUT2D eigenvalue weighted by atomic mass is 32.1. The quantitative estimate of drug-likeness (QED) is 0.418. The predicted molar refractivity (Wildman–Crippen MR) is 123 cm³/mol. The first-order valence-electron chi connectivity index (χ1n) is 9.57. The van der Waals surface area contributed by atoms with E-state index in [4.69, 9.17) is 0 Å². The van der Waals surface area contributed by atoms with Crippen molar-refractivity contribution in [1.82, 2.24) is 0 Å². The van der Waals surface area contributed by atoms with Crippen LogP contribution in [0, 0.1) is 0 Å².